The molecule has 0 aromatic heterocycles. The maximum absolute atomic E-state index is 9.98. The minimum absolute atomic E-state index is 0. The summed E-state index contributed by atoms with van der Waals surface area (Å²) >= 11 is 0. The van der Waals surface area contributed by atoms with Gasteiger partial charge in [0.15, 0.2) is 17.3 Å². The molecule has 0 amide bonds. The molecule has 0 saturated heterocycles. The summed E-state index contributed by atoms with van der Waals surface area (Å²) in [6.07, 6.45) is 3.17. The van der Waals surface area contributed by atoms with Gasteiger partial charge in [-0.15, -0.1) is 17.3 Å². The summed E-state index contributed by atoms with van der Waals surface area (Å²) in [5, 5.41) is 29.9. The Balaban J connectivity index is -0.000000108. The zero-order valence-electron chi connectivity index (χ0n) is 13.6. The molecule has 0 fully saturated rings. The topological polar surface area (TPSA) is 120 Å². The molecule has 0 saturated carbocycles. The van der Waals surface area contributed by atoms with Crippen molar-refractivity contribution in [3.63, 3.8) is 0 Å². The first-order valence-corrected chi connectivity index (χ1v) is 5.96. The van der Waals surface area contributed by atoms with Crippen LogP contribution in [0.2, 0.25) is 0 Å². The minimum atomic E-state index is -0.187. The van der Waals surface area contributed by atoms with Gasteiger partial charge in [0.1, 0.15) is 0 Å². The van der Waals surface area contributed by atoms with Crippen LogP contribution in [0.5, 0.6) is 0 Å². The second-order valence-corrected chi connectivity index (χ2v) is 4.10. The first-order chi connectivity index (χ1) is 9.38. The number of hydrogen-bond donors (Lipinski definition) is 0. The molecule has 0 aliphatic carbocycles. The second-order valence-electron chi connectivity index (χ2n) is 4.10. The van der Waals surface area contributed by atoms with Crippen LogP contribution in [0.25, 0.3) is 0 Å². The molecule has 0 atom stereocenters. The molecule has 0 N–H and O–H groups in total. The molecule has 22 heavy (non-hydrogen) atoms. The molecule has 0 aromatic rings. The van der Waals surface area contributed by atoms with Crippen molar-refractivity contribution in [2.75, 3.05) is 0 Å². The Labute approximate surface area is 141 Å². The standard InChI is InChI=1S/3C5H8O2.Mn/c3*1-4(6)3-5(2)7;/h3*3,6H,1-2H3;/q;;;+2/p-3/b3*4-3-;. The van der Waals surface area contributed by atoms with Crippen LogP contribution in [0.4, 0.5) is 0 Å². The van der Waals surface area contributed by atoms with Crippen molar-refractivity contribution in [2.24, 2.45) is 0 Å². The number of hydrogen-bond acceptors (Lipinski definition) is 6. The average molecular weight is 352 g/mol. The van der Waals surface area contributed by atoms with Crippen molar-refractivity contribution in [1.82, 2.24) is 0 Å². The molecule has 0 unspecified atom stereocenters. The van der Waals surface area contributed by atoms with E-state index >= 15 is 0 Å². The van der Waals surface area contributed by atoms with Crippen molar-refractivity contribution in [3.05, 3.63) is 35.5 Å². The molecule has 0 aliphatic rings. The predicted octanol–water partition coefficient (Wildman–Crippen LogP) is -0.484. The average Bonchev–Trinajstić information content (AvgIpc) is 2.10. The van der Waals surface area contributed by atoms with E-state index in [9.17, 15) is 29.7 Å². The molecular formula is C15H21MnO6-. The van der Waals surface area contributed by atoms with Gasteiger partial charge in [0.25, 0.3) is 0 Å². The van der Waals surface area contributed by atoms with E-state index in [0.29, 0.717) is 0 Å². The van der Waals surface area contributed by atoms with Gasteiger partial charge in [-0.1, -0.05) is 20.8 Å². The van der Waals surface area contributed by atoms with Gasteiger partial charge in [-0.3, -0.25) is 14.4 Å². The maximum Gasteiger partial charge on any atom is 2.00 e. The van der Waals surface area contributed by atoms with Crippen molar-refractivity contribution < 1.29 is 46.8 Å². The van der Waals surface area contributed by atoms with E-state index in [1.54, 1.807) is 0 Å². The first kappa shape index (κ1) is 28.3. The van der Waals surface area contributed by atoms with Crippen LogP contribution in [0.15, 0.2) is 35.5 Å². The maximum atomic E-state index is 9.98. The summed E-state index contributed by atoms with van der Waals surface area (Å²) in [5.74, 6) is -1.12. The van der Waals surface area contributed by atoms with Crippen LogP contribution in [0.3, 0.4) is 0 Å². The van der Waals surface area contributed by atoms with Crippen LogP contribution in [0, 0.1) is 0 Å². The Morgan fingerprint density at radius 3 is 0.682 bits per heavy atom. The second kappa shape index (κ2) is 17.2. The molecule has 0 rings (SSSR count). The van der Waals surface area contributed by atoms with E-state index in [1.807, 2.05) is 0 Å². The van der Waals surface area contributed by atoms with E-state index < -0.39 is 0 Å². The van der Waals surface area contributed by atoms with Gasteiger partial charge in [0.2, 0.25) is 0 Å². The summed E-state index contributed by atoms with van der Waals surface area (Å²) in [6.45, 7) is 8.09. The van der Waals surface area contributed by atoms with Gasteiger partial charge >= 0.3 is 17.1 Å². The number of carbonyl (C=O) groups is 3. The third kappa shape index (κ3) is 51.8. The summed E-state index contributed by atoms with van der Waals surface area (Å²) in [6, 6.07) is 0. The minimum Gasteiger partial charge on any atom is -0.876 e. The summed E-state index contributed by atoms with van der Waals surface area (Å²) in [5.41, 5.74) is 0. The Hall–Kier alpha value is -1.85. The van der Waals surface area contributed by atoms with Crippen LogP contribution in [-0.2, 0) is 31.5 Å². The quantitative estimate of drug-likeness (QED) is 0.384. The number of ketones is 3. The SMILES string of the molecule is CC(=O)/C=C(/C)[O-].CC(=O)/C=C(/C)[O-].CC(=O)/C=C(/C)[O-].[Mn+2]. The number of allylic oxidation sites excluding steroid dienone is 6. The normalized spacial score (nSPS) is 10.9. The van der Waals surface area contributed by atoms with E-state index in [2.05, 4.69) is 0 Å². The first-order valence-electron chi connectivity index (χ1n) is 5.96. The summed E-state index contributed by atoms with van der Waals surface area (Å²) in [7, 11) is 0. The number of rotatable bonds is 3. The zero-order chi connectivity index (χ0) is 17.6. The third-order valence-corrected chi connectivity index (χ3v) is 1.22. The van der Waals surface area contributed by atoms with Crippen molar-refractivity contribution in [3.8, 4) is 0 Å². The molecule has 0 aromatic carbocycles. The van der Waals surface area contributed by atoms with Gasteiger partial charge < -0.3 is 15.3 Å². The predicted molar refractivity (Wildman–Crippen MR) is 73.3 cm³/mol. The molecule has 7 heteroatoms. The summed E-state index contributed by atoms with van der Waals surface area (Å²) in [4.78, 5) is 29.9. The molecule has 0 heterocycles. The van der Waals surface area contributed by atoms with Gasteiger partial charge in [-0.2, -0.15) is 0 Å². The van der Waals surface area contributed by atoms with Gasteiger partial charge in [-0.05, 0) is 39.0 Å². The van der Waals surface area contributed by atoms with Crippen LogP contribution < -0.4 is 15.3 Å². The fourth-order valence-electron chi connectivity index (χ4n) is 0.859. The van der Waals surface area contributed by atoms with E-state index in [0.717, 1.165) is 18.2 Å². The molecule has 0 spiro atoms. The third-order valence-electron chi connectivity index (χ3n) is 1.22. The molecule has 0 aliphatic heterocycles. The Kier molecular flexibility index (Phi) is 22.2. The molecule has 6 nitrogen and oxygen atoms in total. The monoisotopic (exact) mass is 352 g/mol. The Bertz CT molecular complexity index is 368. The molecule has 125 valence electrons. The van der Waals surface area contributed by atoms with E-state index in [4.69, 9.17) is 0 Å². The van der Waals surface area contributed by atoms with Gasteiger partial charge in [0.05, 0.1) is 0 Å². The van der Waals surface area contributed by atoms with Gasteiger partial charge in [-0.25, -0.2) is 0 Å². The zero-order valence-corrected chi connectivity index (χ0v) is 14.7. The largest absolute Gasteiger partial charge is 2.00 e. The van der Waals surface area contributed by atoms with Crippen LogP contribution >= 0.6 is 0 Å². The van der Waals surface area contributed by atoms with Crippen molar-refractivity contribution >= 4 is 17.3 Å². The summed E-state index contributed by atoms with van der Waals surface area (Å²) < 4.78 is 0. The molecule has 1 radical (unpaired) electrons. The number of carbonyl (C=O) groups excluding carboxylic acids is 3. The Morgan fingerprint density at radius 2 is 0.682 bits per heavy atom. The van der Waals surface area contributed by atoms with Gasteiger partial charge in [0, 0.05) is 0 Å². The molecule has 0 bridgehead atoms. The van der Waals surface area contributed by atoms with Crippen LogP contribution in [-0.4, -0.2) is 17.3 Å². The fourth-order valence-corrected chi connectivity index (χ4v) is 0.859. The fraction of sp³-hybridized carbons (Fsp3) is 0.400. The van der Waals surface area contributed by atoms with E-state index in [-0.39, 0.29) is 51.7 Å². The molecular weight excluding hydrogens is 331 g/mol. The van der Waals surface area contributed by atoms with Crippen LogP contribution in [0.1, 0.15) is 41.5 Å². The van der Waals surface area contributed by atoms with Crippen molar-refractivity contribution in [1.29, 1.82) is 0 Å². The van der Waals surface area contributed by atoms with E-state index in [1.165, 1.54) is 41.5 Å². The van der Waals surface area contributed by atoms with Crippen molar-refractivity contribution in [2.45, 2.75) is 41.5 Å². The Morgan fingerprint density at radius 1 is 0.545 bits per heavy atom. The smallest absolute Gasteiger partial charge is 0.876 e.